The van der Waals surface area contributed by atoms with Gasteiger partial charge in [0.2, 0.25) is 5.91 Å². The molecule has 120 valence electrons. The Kier molecular flexibility index (Phi) is 5.95. The Bertz CT molecular complexity index is 577. The number of aliphatic hydroxyl groups excluding tert-OH is 1. The van der Waals surface area contributed by atoms with E-state index in [1.807, 2.05) is 6.92 Å². The van der Waals surface area contributed by atoms with Gasteiger partial charge in [0.25, 0.3) is 0 Å². The van der Waals surface area contributed by atoms with Gasteiger partial charge in [-0.05, 0) is 45.2 Å². The molecule has 0 bridgehead atoms. The van der Waals surface area contributed by atoms with E-state index in [0.29, 0.717) is 10.6 Å². The van der Waals surface area contributed by atoms with Crippen molar-refractivity contribution in [2.75, 3.05) is 25.5 Å². The molecule has 6 heteroatoms. The lowest BCUT2D eigenvalue weighted by Crippen LogP contribution is -2.38. The maximum absolute atomic E-state index is 12.2. The number of fused-ring (bicyclic) bond motifs is 1. The molecule has 2 rings (SSSR count). The van der Waals surface area contributed by atoms with E-state index < -0.39 is 0 Å². The van der Waals surface area contributed by atoms with Crippen molar-refractivity contribution in [3.8, 4) is 6.07 Å². The van der Waals surface area contributed by atoms with Gasteiger partial charge in [-0.1, -0.05) is 6.42 Å². The second-order valence-corrected chi connectivity index (χ2v) is 6.98. The minimum atomic E-state index is -0.143. The molecule has 1 unspecified atom stereocenters. The highest BCUT2D eigenvalue weighted by molar-refractivity contribution is 7.16. The molecule has 5 nitrogen and oxygen atoms in total. The summed E-state index contributed by atoms with van der Waals surface area (Å²) in [4.78, 5) is 15.2. The molecule has 1 aromatic heterocycles. The SMILES string of the molecule is CC(CO)N(C)CC(=O)Nc1sc2c(c1C#N)CCCCC2. The average Bonchev–Trinajstić information content (AvgIpc) is 2.67. The lowest BCUT2D eigenvalue weighted by atomic mass is 10.1. The lowest BCUT2D eigenvalue weighted by Gasteiger charge is -2.21. The molecule has 0 radical (unpaired) electrons. The van der Waals surface area contributed by atoms with Gasteiger partial charge >= 0.3 is 0 Å². The molecule has 0 saturated heterocycles. The summed E-state index contributed by atoms with van der Waals surface area (Å²) < 4.78 is 0. The van der Waals surface area contributed by atoms with E-state index in [2.05, 4.69) is 11.4 Å². The highest BCUT2D eigenvalue weighted by Crippen LogP contribution is 2.36. The molecule has 1 aliphatic carbocycles. The fourth-order valence-electron chi connectivity index (χ4n) is 2.64. The fourth-order valence-corrected chi connectivity index (χ4v) is 3.89. The highest BCUT2D eigenvalue weighted by atomic mass is 32.1. The van der Waals surface area contributed by atoms with Gasteiger partial charge in [-0.2, -0.15) is 5.26 Å². The van der Waals surface area contributed by atoms with Gasteiger partial charge in [-0.3, -0.25) is 9.69 Å². The monoisotopic (exact) mass is 321 g/mol. The number of aryl methyl sites for hydroxylation is 1. The van der Waals surface area contributed by atoms with E-state index in [-0.39, 0.29) is 25.1 Å². The van der Waals surface area contributed by atoms with Crippen molar-refractivity contribution in [3.63, 3.8) is 0 Å². The van der Waals surface area contributed by atoms with Crippen molar-refractivity contribution in [2.45, 2.75) is 45.1 Å². The van der Waals surface area contributed by atoms with E-state index in [0.717, 1.165) is 31.2 Å². The predicted molar refractivity (Wildman–Crippen MR) is 88.1 cm³/mol. The second-order valence-electron chi connectivity index (χ2n) is 5.88. The Balaban J connectivity index is 2.10. The zero-order valence-corrected chi connectivity index (χ0v) is 14.0. The standard InChI is InChI=1S/C16H23N3O2S/c1-11(10-20)19(2)9-15(21)18-16-13(8-17)12-6-4-3-5-7-14(12)22-16/h11,20H,3-7,9-10H2,1-2H3,(H,18,21). The smallest absolute Gasteiger partial charge is 0.239 e. The number of carbonyl (C=O) groups is 1. The first kappa shape index (κ1) is 16.9. The maximum Gasteiger partial charge on any atom is 0.239 e. The van der Waals surface area contributed by atoms with E-state index in [1.165, 1.54) is 11.3 Å². The molecule has 2 N–H and O–H groups in total. The number of nitriles is 1. The average molecular weight is 321 g/mol. The van der Waals surface area contributed by atoms with E-state index >= 15 is 0 Å². The summed E-state index contributed by atoms with van der Waals surface area (Å²) in [6, 6.07) is 2.20. The van der Waals surface area contributed by atoms with Crippen LogP contribution in [0, 0.1) is 11.3 Å². The largest absolute Gasteiger partial charge is 0.395 e. The molecule has 0 spiro atoms. The molecule has 0 aromatic carbocycles. The minimum absolute atomic E-state index is 0.0144. The lowest BCUT2D eigenvalue weighted by molar-refractivity contribution is -0.117. The minimum Gasteiger partial charge on any atom is -0.395 e. The number of anilines is 1. The molecule has 0 aliphatic heterocycles. The van der Waals surface area contributed by atoms with Gasteiger partial charge < -0.3 is 10.4 Å². The molecule has 1 heterocycles. The van der Waals surface area contributed by atoms with Crippen LogP contribution in [0.1, 0.15) is 42.2 Å². The van der Waals surface area contributed by atoms with Crippen LogP contribution in [0.3, 0.4) is 0 Å². The van der Waals surface area contributed by atoms with Gasteiger partial charge in [0.1, 0.15) is 11.1 Å². The van der Waals surface area contributed by atoms with Gasteiger partial charge in [-0.25, -0.2) is 0 Å². The van der Waals surface area contributed by atoms with Gasteiger partial charge in [0, 0.05) is 10.9 Å². The number of rotatable bonds is 5. The summed E-state index contributed by atoms with van der Waals surface area (Å²) in [6.45, 7) is 2.08. The Labute approximate surface area is 135 Å². The third-order valence-corrected chi connectivity index (χ3v) is 5.40. The first-order valence-corrected chi connectivity index (χ1v) is 8.54. The van der Waals surface area contributed by atoms with Crippen molar-refractivity contribution in [1.82, 2.24) is 4.90 Å². The molecule has 0 saturated carbocycles. The summed E-state index contributed by atoms with van der Waals surface area (Å²) >= 11 is 1.55. The first-order chi connectivity index (χ1) is 10.6. The zero-order valence-electron chi connectivity index (χ0n) is 13.2. The number of carbonyl (C=O) groups excluding carboxylic acids is 1. The number of hydrogen-bond donors (Lipinski definition) is 2. The van der Waals surface area contributed by atoms with E-state index in [4.69, 9.17) is 5.11 Å². The number of nitrogens with one attached hydrogen (secondary N) is 1. The van der Waals surface area contributed by atoms with Crippen molar-refractivity contribution < 1.29 is 9.90 Å². The number of amides is 1. The topological polar surface area (TPSA) is 76.4 Å². The summed E-state index contributed by atoms with van der Waals surface area (Å²) in [5.41, 5.74) is 1.78. The third kappa shape index (κ3) is 3.86. The summed E-state index contributed by atoms with van der Waals surface area (Å²) in [5, 5.41) is 22.1. The summed E-state index contributed by atoms with van der Waals surface area (Å²) in [5.74, 6) is -0.143. The Morgan fingerprint density at radius 3 is 2.86 bits per heavy atom. The molecule has 22 heavy (non-hydrogen) atoms. The summed E-state index contributed by atoms with van der Waals surface area (Å²) in [7, 11) is 1.80. The number of nitrogens with zero attached hydrogens (tertiary/aromatic N) is 2. The van der Waals surface area contributed by atoms with Crippen LogP contribution < -0.4 is 5.32 Å². The summed E-state index contributed by atoms with van der Waals surface area (Å²) in [6.07, 6.45) is 5.42. The van der Waals surface area contributed by atoms with Crippen LogP contribution in [0.25, 0.3) is 0 Å². The van der Waals surface area contributed by atoms with Crippen LogP contribution in [0.5, 0.6) is 0 Å². The predicted octanol–water partition coefficient (Wildman–Crippen LogP) is 2.14. The molecule has 1 atom stereocenters. The normalized spacial score (nSPS) is 15.8. The second kappa shape index (κ2) is 7.73. The molecule has 0 fully saturated rings. The van der Waals surface area contributed by atoms with Crippen LogP contribution in [0.15, 0.2) is 0 Å². The van der Waals surface area contributed by atoms with E-state index in [9.17, 15) is 10.1 Å². The maximum atomic E-state index is 12.2. The molecular formula is C16H23N3O2S. The van der Waals surface area contributed by atoms with Crippen LogP contribution >= 0.6 is 11.3 Å². The van der Waals surface area contributed by atoms with Gasteiger partial charge in [-0.15, -0.1) is 11.3 Å². The first-order valence-electron chi connectivity index (χ1n) is 7.72. The van der Waals surface area contributed by atoms with Crippen LogP contribution in [0.4, 0.5) is 5.00 Å². The Morgan fingerprint density at radius 1 is 1.45 bits per heavy atom. The number of thiophene rings is 1. The fraction of sp³-hybridized carbons (Fsp3) is 0.625. The van der Waals surface area contributed by atoms with Gasteiger partial charge in [0.05, 0.1) is 18.7 Å². The molecular weight excluding hydrogens is 298 g/mol. The van der Waals surface area contributed by atoms with Crippen LogP contribution in [0.2, 0.25) is 0 Å². The number of likely N-dealkylation sites (N-methyl/N-ethyl adjacent to an activating group) is 1. The van der Waals surface area contributed by atoms with Gasteiger partial charge in [0.15, 0.2) is 0 Å². The zero-order chi connectivity index (χ0) is 16.1. The number of hydrogen-bond acceptors (Lipinski definition) is 5. The van der Waals surface area contributed by atoms with Crippen LogP contribution in [-0.2, 0) is 17.6 Å². The van der Waals surface area contributed by atoms with Crippen molar-refractivity contribution >= 4 is 22.2 Å². The highest BCUT2D eigenvalue weighted by Gasteiger charge is 2.21. The molecule has 1 amide bonds. The third-order valence-electron chi connectivity index (χ3n) is 4.20. The number of aliphatic hydroxyl groups is 1. The Hall–Kier alpha value is -1.42. The van der Waals surface area contributed by atoms with Crippen molar-refractivity contribution in [1.29, 1.82) is 5.26 Å². The Morgan fingerprint density at radius 2 is 2.18 bits per heavy atom. The quantitative estimate of drug-likeness (QED) is 0.815. The molecule has 1 aliphatic rings. The van der Waals surface area contributed by atoms with Crippen LogP contribution in [-0.4, -0.2) is 42.2 Å². The van der Waals surface area contributed by atoms with Crippen molar-refractivity contribution in [3.05, 3.63) is 16.0 Å². The van der Waals surface area contributed by atoms with E-state index in [1.54, 1.807) is 23.3 Å². The van der Waals surface area contributed by atoms with Crippen molar-refractivity contribution in [2.24, 2.45) is 0 Å². The molecule has 1 aromatic rings.